The van der Waals surface area contributed by atoms with Crippen LogP contribution in [-0.4, -0.2) is 22.6 Å². The van der Waals surface area contributed by atoms with Gasteiger partial charge in [0.25, 0.3) is 0 Å². The number of Topliss-reactive ketones (excluding diaryl/α,β-unsaturated/α-hetero) is 2. The number of hydrogen-bond donors (Lipinski definition) is 1. The molecule has 1 unspecified atom stereocenters. The minimum atomic E-state index is -1.18. The van der Waals surface area contributed by atoms with Crippen molar-refractivity contribution in [1.29, 1.82) is 0 Å². The highest BCUT2D eigenvalue weighted by Crippen LogP contribution is 2.05. The Hall–Kier alpha value is -1.19. The van der Waals surface area contributed by atoms with Crippen LogP contribution < -0.4 is 0 Å². The van der Waals surface area contributed by atoms with Crippen LogP contribution in [0.5, 0.6) is 0 Å². The van der Waals surface area contributed by atoms with Gasteiger partial charge in [0.15, 0.2) is 5.78 Å². The number of carbonyl (C=O) groups excluding carboxylic acids is 2. The van der Waals surface area contributed by atoms with Crippen LogP contribution in [0, 0.1) is 11.8 Å². The van der Waals surface area contributed by atoms with Crippen molar-refractivity contribution in [2.75, 3.05) is 0 Å². The van der Waals surface area contributed by atoms with E-state index in [4.69, 9.17) is 5.11 Å². The molecule has 0 amide bonds. The summed E-state index contributed by atoms with van der Waals surface area (Å²) in [4.78, 5) is 32.5. The average Bonchev–Trinajstić information content (AvgIpc) is 2.02. The van der Waals surface area contributed by atoms with E-state index < -0.39 is 17.7 Å². The topological polar surface area (TPSA) is 71.4 Å². The molecule has 0 spiro atoms. The van der Waals surface area contributed by atoms with Crippen LogP contribution in [0.1, 0.15) is 27.2 Å². The number of ketones is 2. The molecule has 13 heavy (non-hydrogen) atoms. The van der Waals surface area contributed by atoms with E-state index in [1.807, 2.05) is 0 Å². The second-order valence-electron chi connectivity index (χ2n) is 3.32. The number of carboxylic acid groups (broad SMARTS) is 1. The molecule has 1 atom stereocenters. The van der Waals surface area contributed by atoms with E-state index in [0.717, 1.165) is 0 Å². The summed E-state index contributed by atoms with van der Waals surface area (Å²) in [6, 6.07) is 0. The summed E-state index contributed by atoms with van der Waals surface area (Å²) >= 11 is 0. The van der Waals surface area contributed by atoms with E-state index in [9.17, 15) is 14.4 Å². The van der Waals surface area contributed by atoms with Crippen LogP contribution in [0.3, 0.4) is 0 Å². The second kappa shape index (κ2) is 4.74. The van der Waals surface area contributed by atoms with Crippen LogP contribution in [0.4, 0.5) is 0 Å². The van der Waals surface area contributed by atoms with E-state index in [2.05, 4.69) is 0 Å². The van der Waals surface area contributed by atoms with Gasteiger partial charge in [-0.25, -0.2) is 0 Å². The van der Waals surface area contributed by atoms with Crippen molar-refractivity contribution in [3.8, 4) is 0 Å². The monoisotopic (exact) mass is 186 g/mol. The minimum Gasteiger partial charge on any atom is -0.481 e. The molecular weight excluding hydrogens is 172 g/mol. The zero-order valence-electron chi connectivity index (χ0n) is 8.03. The molecule has 4 heteroatoms. The van der Waals surface area contributed by atoms with Crippen molar-refractivity contribution in [2.45, 2.75) is 27.2 Å². The Kier molecular flexibility index (Phi) is 4.31. The summed E-state index contributed by atoms with van der Waals surface area (Å²) in [6.07, 6.45) is -0.273. The summed E-state index contributed by atoms with van der Waals surface area (Å²) < 4.78 is 0. The Balaban J connectivity index is 4.16. The highest BCUT2D eigenvalue weighted by atomic mass is 16.4. The number of carbonyl (C=O) groups is 3. The van der Waals surface area contributed by atoms with Crippen LogP contribution in [0.15, 0.2) is 0 Å². The molecule has 0 radical (unpaired) electrons. The Morgan fingerprint density at radius 1 is 1.08 bits per heavy atom. The summed E-state index contributed by atoms with van der Waals surface area (Å²) in [5, 5.41) is 8.47. The molecule has 0 bridgehead atoms. The third-order valence-corrected chi connectivity index (χ3v) is 1.85. The van der Waals surface area contributed by atoms with Gasteiger partial charge in [-0.3, -0.25) is 14.4 Å². The van der Waals surface area contributed by atoms with Gasteiger partial charge in [0, 0.05) is 5.92 Å². The number of aliphatic carboxylic acids is 1. The molecule has 0 rings (SSSR count). The summed E-state index contributed by atoms with van der Waals surface area (Å²) in [5.74, 6) is -3.21. The largest absolute Gasteiger partial charge is 0.481 e. The summed E-state index contributed by atoms with van der Waals surface area (Å²) in [7, 11) is 0. The molecule has 4 nitrogen and oxygen atoms in total. The zero-order valence-corrected chi connectivity index (χ0v) is 8.03. The number of carboxylic acids is 1. The Labute approximate surface area is 76.9 Å². The van der Waals surface area contributed by atoms with Crippen molar-refractivity contribution in [1.82, 2.24) is 0 Å². The van der Waals surface area contributed by atoms with Gasteiger partial charge in [-0.2, -0.15) is 0 Å². The first-order valence-corrected chi connectivity index (χ1v) is 4.14. The third-order valence-electron chi connectivity index (χ3n) is 1.85. The first-order chi connectivity index (χ1) is 5.86. The van der Waals surface area contributed by atoms with E-state index in [0.29, 0.717) is 0 Å². The van der Waals surface area contributed by atoms with E-state index in [-0.39, 0.29) is 18.1 Å². The molecule has 1 N–H and O–H groups in total. The molecule has 0 fully saturated rings. The maximum atomic E-state index is 11.1. The zero-order chi connectivity index (χ0) is 10.6. The SMILES string of the molecule is CC(C)C(=O)CC(=O)C(C)C(=O)O. The highest BCUT2D eigenvalue weighted by molar-refractivity contribution is 6.07. The van der Waals surface area contributed by atoms with Crippen molar-refractivity contribution in [3.05, 3.63) is 0 Å². The average molecular weight is 186 g/mol. The smallest absolute Gasteiger partial charge is 0.313 e. The van der Waals surface area contributed by atoms with Crippen molar-refractivity contribution < 1.29 is 19.5 Å². The molecular formula is C9H14O4. The Morgan fingerprint density at radius 3 is 1.85 bits per heavy atom. The number of hydrogen-bond acceptors (Lipinski definition) is 3. The predicted molar refractivity (Wildman–Crippen MR) is 46.3 cm³/mol. The van der Waals surface area contributed by atoms with Crippen LogP contribution in [0.2, 0.25) is 0 Å². The summed E-state index contributed by atoms with van der Waals surface area (Å²) in [5.41, 5.74) is 0. The summed E-state index contributed by atoms with van der Waals surface area (Å²) in [6.45, 7) is 4.65. The minimum absolute atomic E-state index is 0.210. The first-order valence-electron chi connectivity index (χ1n) is 4.14. The normalized spacial score (nSPS) is 12.6. The van der Waals surface area contributed by atoms with Crippen molar-refractivity contribution in [2.24, 2.45) is 11.8 Å². The van der Waals surface area contributed by atoms with Gasteiger partial charge in [0.05, 0.1) is 6.42 Å². The lowest BCUT2D eigenvalue weighted by atomic mass is 9.97. The molecule has 0 aliphatic carbocycles. The van der Waals surface area contributed by atoms with Crippen molar-refractivity contribution in [3.63, 3.8) is 0 Å². The van der Waals surface area contributed by atoms with Gasteiger partial charge < -0.3 is 5.11 Å². The molecule has 0 aromatic carbocycles. The lowest BCUT2D eigenvalue weighted by molar-refractivity contribution is -0.145. The van der Waals surface area contributed by atoms with Crippen molar-refractivity contribution >= 4 is 17.5 Å². The standard InChI is InChI=1S/C9H14O4/c1-5(2)7(10)4-8(11)6(3)9(12)13/h5-6H,4H2,1-3H3,(H,12,13). The second-order valence-corrected chi connectivity index (χ2v) is 3.32. The molecule has 0 aliphatic rings. The van der Waals surface area contributed by atoms with Crippen LogP contribution in [0.25, 0.3) is 0 Å². The third kappa shape index (κ3) is 3.83. The highest BCUT2D eigenvalue weighted by Gasteiger charge is 2.23. The van der Waals surface area contributed by atoms with E-state index >= 15 is 0 Å². The predicted octanol–water partition coefficient (Wildman–Crippen LogP) is 0.891. The van der Waals surface area contributed by atoms with Gasteiger partial charge >= 0.3 is 5.97 Å². The van der Waals surface area contributed by atoms with Gasteiger partial charge in [0.2, 0.25) is 0 Å². The molecule has 0 aromatic heterocycles. The first kappa shape index (κ1) is 11.8. The van der Waals surface area contributed by atoms with Gasteiger partial charge in [-0.1, -0.05) is 13.8 Å². The molecule has 0 heterocycles. The van der Waals surface area contributed by atoms with Gasteiger partial charge in [-0.15, -0.1) is 0 Å². The maximum absolute atomic E-state index is 11.1. The van der Waals surface area contributed by atoms with Gasteiger partial charge in [0.1, 0.15) is 11.7 Å². The molecule has 0 saturated carbocycles. The Bertz CT molecular complexity index is 230. The fourth-order valence-electron chi connectivity index (χ4n) is 0.667. The molecule has 0 aliphatic heterocycles. The van der Waals surface area contributed by atoms with E-state index in [1.165, 1.54) is 6.92 Å². The lowest BCUT2D eigenvalue weighted by Gasteiger charge is -2.05. The fourth-order valence-corrected chi connectivity index (χ4v) is 0.667. The molecule has 74 valence electrons. The fraction of sp³-hybridized carbons (Fsp3) is 0.667. The van der Waals surface area contributed by atoms with Crippen LogP contribution >= 0.6 is 0 Å². The maximum Gasteiger partial charge on any atom is 0.313 e. The van der Waals surface area contributed by atoms with E-state index in [1.54, 1.807) is 13.8 Å². The quantitative estimate of drug-likeness (QED) is 0.647. The number of rotatable bonds is 5. The Morgan fingerprint density at radius 2 is 1.54 bits per heavy atom. The molecule has 0 aromatic rings. The lowest BCUT2D eigenvalue weighted by Crippen LogP contribution is -2.24. The van der Waals surface area contributed by atoms with Gasteiger partial charge in [-0.05, 0) is 6.92 Å². The van der Waals surface area contributed by atoms with Crippen LogP contribution in [-0.2, 0) is 14.4 Å². The molecule has 0 saturated heterocycles.